The van der Waals surface area contributed by atoms with Gasteiger partial charge in [-0.15, -0.1) is 0 Å². The maximum absolute atomic E-state index is 11.8. The number of nitrogens with one attached hydrogen (secondary N) is 2. The maximum Gasteiger partial charge on any atom is 0.326 e. The lowest BCUT2D eigenvalue weighted by Crippen LogP contribution is -2.53. The highest BCUT2D eigenvalue weighted by molar-refractivity contribution is 7.99. The third-order valence-corrected chi connectivity index (χ3v) is 3.59. The van der Waals surface area contributed by atoms with Gasteiger partial charge in [-0.1, -0.05) is 0 Å². The van der Waals surface area contributed by atoms with Crippen LogP contribution in [0, 0.1) is 0 Å². The van der Waals surface area contributed by atoms with Crippen molar-refractivity contribution >= 4 is 29.5 Å². The van der Waals surface area contributed by atoms with Crippen molar-refractivity contribution in [2.45, 2.75) is 24.9 Å². The van der Waals surface area contributed by atoms with Crippen LogP contribution in [0.2, 0.25) is 0 Å². The zero-order valence-corrected chi connectivity index (χ0v) is 10.7. The summed E-state index contributed by atoms with van der Waals surface area (Å²) in [6.45, 7) is 0.724. The largest absolute Gasteiger partial charge is 0.480 e. The molecule has 0 bridgehead atoms. The van der Waals surface area contributed by atoms with Gasteiger partial charge in [-0.3, -0.25) is 9.59 Å². The number of rotatable bonds is 6. The van der Waals surface area contributed by atoms with Crippen LogP contribution in [0.4, 0.5) is 0 Å². The van der Waals surface area contributed by atoms with Crippen molar-refractivity contribution in [1.29, 1.82) is 0 Å². The average molecular weight is 275 g/mol. The zero-order valence-electron chi connectivity index (χ0n) is 9.85. The molecule has 5 N–H and O–H groups in total. The summed E-state index contributed by atoms with van der Waals surface area (Å²) >= 11 is 1.64. The van der Waals surface area contributed by atoms with Crippen LogP contribution in [-0.2, 0) is 14.4 Å². The SMILES string of the molecule is NC(=O)CC[C@@H](NC(=O)C1CSCCN1)C(=O)O. The van der Waals surface area contributed by atoms with Crippen molar-refractivity contribution < 1.29 is 19.5 Å². The van der Waals surface area contributed by atoms with Gasteiger partial charge in [0.05, 0.1) is 6.04 Å². The first-order valence-corrected chi connectivity index (χ1v) is 6.79. The molecule has 0 spiro atoms. The van der Waals surface area contributed by atoms with Crippen molar-refractivity contribution in [2.75, 3.05) is 18.1 Å². The van der Waals surface area contributed by atoms with Gasteiger partial charge < -0.3 is 21.5 Å². The Hall–Kier alpha value is -1.28. The number of carboxylic acid groups (broad SMARTS) is 1. The first kappa shape index (κ1) is 14.8. The predicted molar refractivity (Wildman–Crippen MR) is 67.1 cm³/mol. The fraction of sp³-hybridized carbons (Fsp3) is 0.700. The van der Waals surface area contributed by atoms with Crippen LogP contribution in [0.25, 0.3) is 0 Å². The maximum atomic E-state index is 11.8. The Bertz CT molecular complexity index is 331. The van der Waals surface area contributed by atoms with Crippen LogP contribution < -0.4 is 16.4 Å². The van der Waals surface area contributed by atoms with E-state index in [0.29, 0.717) is 5.75 Å². The van der Waals surface area contributed by atoms with E-state index in [9.17, 15) is 14.4 Å². The molecule has 0 aliphatic carbocycles. The second-order valence-corrected chi connectivity index (χ2v) is 5.14. The number of carbonyl (C=O) groups excluding carboxylic acids is 2. The molecule has 1 aliphatic heterocycles. The summed E-state index contributed by atoms with van der Waals surface area (Å²) < 4.78 is 0. The number of hydrogen-bond acceptors (Lipinski definition) is 5. The fourth-order valence-corrected chi connectivity index (χ4v) is 2.48. The Morgan fingerprint density at radius 2 is 2.22 bits per heavy atom. The van der Waals surface area contributed by atoms with E-state index in [1.54, 1.807) is 11.8 Å². The lowest BCUT2D eigenvalue weighted by molar-refractivity contribution is -0.142. The number of amides is 2. The molecule has 1 unspecified atom stereocenters. The topological polar surface area (TPSA) is 122 Å². The third-order valence-electron chi connectivity index (χ3n) is 2.53. The number of primary amides is 1. The summed E-state index contributed by atoms with van der Waals surface area (Å²) in [6, 6.07) is -1.45. The number of aliphatic carboxylic acids is 1. The smallest absolute Gasteiger partial charge is 0.326 e. The van der Waals surface area contributed by atoms with E-state index in [-0.39, 0.29) is 24.8 Å². The second kappa shape index (κ2) is 7.22. The molecule has 1 saturated heterocycles. The van der Waals surface area contributed by atoms with E-state index in [4.69, 9.17) is 10.8 Å². The molecule has 0 saturated carbocycles. The van der Waals surface area contributed by atoms with Gasteiger partial charge in [-0.2, -0.15) is 11.8 Å². The minimum atomic E-state index is -1.16. The molecule has 18 heavy (non-hydrogen) atoms. The van der Waals surface area contributed by atoms with Crippen LogP contribution >= 0.6 is 11.8 Å². The summed E-state index contributed by atoms with van der Waals surface area (Å²) in [7, 11) is 0. The van der Waals surface area contributed by atoms with Gasteiger partial charge >= 0.3 is 5.97 Å². The summed E-state index contributed by atoms with van der Waals surface area (Å²) in [5, 5.41) is 14.4. The first-order chi connectivity index (χ1) is 8.50. The van der Waals surface area contributed by atoms with Crippen LogP contribution in [0.15, 0.2) is 0 Å². The number of carbonyl (C=O) groups is 3. The Morgan fingerprint density at radius 3 is 2.72 bits per heavy atom. The highest BCUT2D eigenvalue weighted by Gasteiger charge is 2.26. The molecule has 102 valence electrons. The van der Waals surface area contributed by atoms with Crippen molar-refractivity contribution in [3.05, 3.63) is 0 Å². The van der Waals surface area contributed by atoms with Gasteiger partial charge in [-0.25, -0.2) is 4.79 Å². The third kappa shape index (κ3) is 4.92. The fourth-order valence-electron chi connectivity index (χ4n) is 1.55. The van der Waals surface area contributed by atoms with E-state index in [1.807, 2.05) is 0 Å². The average Bonchev–Trinajstić information content (AvgIpc) is 2.34. The summed E-state index contributed by atoms with van der Waals surface area (Å²) in [5.74, 6) is -0.532. The number of hydrogen-bond donors (Lipinski definition) is 4. The minimum absolute atomic E-state index is 0.0102. The quantitative estimate of drug-likeness (QED) is 0.469. The lowest BCUT2D eigenvalue weighted by atomic mass is 10.1. The molecule has 1 aliphatic rings. The molecule has 0 aromatic heterocycles. The van der Waals surface area contributed by atoms with Crippen LogP contribution in [0.1, 0.15) is 12.8 Å². The molecule has 2 atom stereocenters. The van der Waals surface area contributed by atoms with Crippen LogP contribution in [-0.4, -0.2) is 53.0 Å². The molecule has 1 rings (SSSR count). The Kier molecular flexibility index (Phi) is 5.93. The molecular formula is C10H17N3O4S. The van der Waals surface area contributed by atoms with Gasteiger partial charge in [0.1, 0.15) is 6.04 Å². The first-order valence-electron chi connectivity index (χ1n) is 5.63. The van der Waals surface area contributed by atoms with Gasteiger partial charge in [0.2, 0.25) is 11.8 Å². The Balaban J connectivity index is 2.46. The van der Waals surface area contributed by atoms with Crippen molar-refractivity contribution in [1.82, 2.24) is 10.6 Å². The van der Waals surface area contributed by atoms with E-state index in [2.05, 4.69) is 10.6 Å². The number of thioether (sulfide) groups is 1. The normalized spacial score (nSPS) is 21.0. The van der Waals surface area contributed by atoms with Crippen molar-refractivity contribution in [2.24, 2.45) is 5.73 Å². The zero-order chi connectivity index (χ0) is 13.5. The number of carboxylic acids is 1. The van der Waals surface area contributed by atoms with E-state index >= 15 is 0 Å². The second-order valence-electron chi connectivity index (χ2n) is 3.99. The molecule has 0 aromatic carbocycles. The number of nitrogens with two attached hydrogens (primary N) is 1. The van der Waals surface area contributed by atoms with Gasteiger partial charge in [-0.05, 0) is 6.42 Å². The summed E-state index contributed by atoms with van der Waals surface area (Å²) in [6.07, 6.45) is -0.0552. The van der Waals surface area contributed by atoms with E-state index in [0.717, 1.165) is 12.3 Å². The molecule has 2 amide bonds. The van der Waals surface area contributed by atoms with Crippen molar-refractivity contribution in [3.63, 3.8) is 0 Å². The van der Waals surface area contributed by atoms with Gasteiger partial charge in [0, 0.05) is 24.5 Å². The van der Waals surface area contributed by atoms with Crippen molar-refractivity contribution in [3.8, 4) is 0 Å². The molecule has 0 aromatic rings. The van der Waals surface area contributed by atoms with Gasteiger partial charge in [0.25, 0.3) is 0 Å². The highest BCUT2D eigenvalue weighted by Crippen LogP contribution is 2.08. The van der Waals surface area contributed by atoms with Crippen LogP contribution in [0.3, 0.4) is 0 Å². The highest BCUT2D eigenvalue weighted by atomic mass is 32.2. The molecule has 8 heteroatoms. The monoisotopic (exact) mass is 275 g/mol. The summed E-state index contributed by atoms with van der Waals surface area (Å²) in [5.41, 5.74) is 4.95. The lowest BCUT2D eigenvalue weighted by Gasteiger charge is -2.24. The van der Waals surface area contributed by atoms with E-state index in [1.165, 1.54) is 0 Å². The molecule has 0 radical (unpaired) electrons. The summed E-state index contributed by atoms with van der Waals surface area (Å²) in [4.78, 5) is 33.3. The van der Waals surface area contributed by atoms with Gasteiger partial charge in [0.15, 0.2) is 0 Å². The molecule has 1 fully saturated rings. The Labute approximate surface area is 109 Å². The predicted octanol–water partition coefficient (Wildman–Crippen LogP) is -1.47. The van der Waals surface area contributed by atoms with Crippen LogP contribution in [0.5, 0.6) is 0 Å². The molecular weight excluding hydrogens is 258 g/mol. The Morgan fingerprint density at radius 1 is 1.50 bits per heavy atom. The molecule has 7 nitrogen and oxygen atoms in total. The van der Waals surface area contributed by atoms with E-state index < -0.39 is 17.9 Å². The molecule has 1 heterocycles. The standard InChI is InChI=1S/C10H17N3O4S/c11-8(14)2-1-6(10(16)17)13-9(15)7-5-18-4-3-12-7/h6-7,12H,1-5H2,(H2,11,14)(H,13,15)(H,16,17)/t6-,7?/m1/s1. The minimum Gasteiger partial charge on any atom is -0.480 e.